The number of benzene rings is 1. The Labute approximate surface area is 124 Å². The van der Waals surface area contributed by atoms with Gasteiger partial charge in [0.2, 0.25) is 5.91 Å². The minimum Gasteiger partial charge on any atom is -0.379 e. The third kappa shape index (κ3) is 2.80. The van der Waals surface area contributed by atoms with Crippen LogP contribution in [0.4, 0.5) is 0 Å². The maximum atomic E-state index is 12.4. The van der Waals surface area contributed by atoms with Crippen LogP contribution in [0.5, 0.6) is 0 Å². The average molecular weight is 287 g/mol. The number of aromatic nitrogens is 1. The second kappa shape index (κ2) is 5.87. The van der Waals surface area contributed by atoms with Crippen molar-refractivity contribution in [1.29, 1.82) is 0 Å². The van der Waals surface area contributed by atoms with Crippen molar-refractivity contribution in [2.75, 3.05) is 20.3 Å². The van der Waals surface area contributed by atoms with Crippen molar-refractivity contribution in [2.24, 2.45) is 5.73 Å². The number of carbonyl (C=O) groups excluding carboxylic acids is 1. The van der Waals surface area contributed by atoms with E-state index in [-0.39, 0.29) is 11.9 Å². The van der Waals surface area contributed by atoms with Crippen LogP contribution < -0.4 is 5.73 Å². The maximum absolute atomic E-state index is 12.4. The molecular formula is C16H21N3O2. The van der Waals surface area contributed by atoms with E-state index < -0.39 is 6.04 Å². The van der Waals surface area contributed by atoms with Gasteiger partial charge in [0.1, 0.15) is 0 Å². The first-order valence-corrected chi connectivity index (χ1v) is 7.32. The fraction of sp³-hybridized carbons (Fsp3) is 0.438. The summed E-state index contributed by atoms with van der Waals surface area (Å²) in [5.74, 6) is -0.0178. The number of nitrogens with zero attached hydrogens (tertiary/aromatic N) is 1. The van der Waals surface area contributed by atoms with Crippen molar-refractivity contribution in [2.45, 2.75) is 24.9 Å². The maximum Gasteiger partial charge on any atom is 0.239 e. The van der Waals surface area contributed by atoms with Crippen LogP contribution in [-0.2, 0) is 16.0 Å². The molecule has 0 spiro atoms. The first-order chi connectivity index (χ1) is 10.2. The molecule has 1 aromatic heterocycles. The topological polar surface area (TPSA) is 71.3 Å². The van der Waals surface area contributed by atoms with Gasteiger partial charge in [-0.1, -0.05) is 18.2 Å². The molecule has 2 atom stereocenters. The van der Waals surface area contributed by atoms with E-state index >= 15 is 0 Å². The Kier molecular flexibility index (Phi) is 3.94. The van der Waals surface area contributed by atoms with E-state index in [1.165, 1.54) is 0 Å². The van der Waals surface area contributed by atoms with Crippen LogP contribution in [0.2, 0.25) is 0 Å². The second-order valence-corrected chi connectivity index (χ2v) is 5.64. The van der Waals surface area contributed by atoms with E-state index in [0.29, 0.717) is 13.0 Å². The minimum atomic E-state index is -0.519. The molecule has 1 saturated heterocycles. The van der Waals surface area contributed by atoms with E-state index in [9.17, 15) is 4.79 Å². The Morgan fingerprint density at radius 3 is 3.10 bits per heavy atom. The van der Waals surface area contributed by atoms with Crippen molar-refractivity contribution >= 4 is 16.8 Å². The van der Waals surface area contributed by atoms with Crippen LogP contribution in [-0.4, -0.2) is 48.1 Å². The van der Waals surface area contributed by atoms with Gasteiger partial charge in [-0.15, -0.1) is 0 Å². The second-order valence-electron chi connectivity index (χ2n) is 5.64. The number of amides is 1. The molecule has 5 heteroatoms. The van der Waals surface area contributed by atoms with Gasteiger partial charge in [0.25, 0.3) is 0 Å². The van der Waals surface area contributed by atoms with Crippen LogP contribution in [0.1, 0.15) is 12.0 Å². The monoisotopic (exact) mass is 287 g/mol. The summed E-state index contributed by atoms with van der Waals surface area (Å²) in [5.41, 5.74) is 8.28. The molecule has 2 unspecified atom stereocenters. The van der Waals surface area contributed by atoms with E-state index in [0.717, 1.165) is 29.5 Å². The van der Waals surface area contributed by atoms with Gasteiger partial charge in [-0.05, 0) is 24.5 Å². The number of hydrogen-bond acceptors (Lipinski definition) is 3. The highest BCUT2D eigenvalue weighted by Crippen LogP contribution is 2.19. The highest BCUT2D eigenvalue weighted by Gasteiger charge is 2.27. The number of ether oxygens (including phenoxy) is 1. The van der Waals surface area contributed by atoms with Crippen molar-refractivity contribution in [3.8, 4) is 0 Å². The Hall–Kier alpha value is -1.85. The number of fused-ring (bicyclic) bond motifs is 1. The van der Waals surface area contributed by atoms with Gasteiger partial charge >= 0.3 is 0 Å². The van der Waals surface area contributed by atoms with E-state index in [2.05, 4.69) is 4.98 Å². The predicted molar refractivity (Wildman–Crippen MR) is 82.0 cm³/mol. The zero-order valence-corrected chi connectivity index (χ0v) is 12.2. The molecule has 0 bridgehead atoms. The molecule has 5 nitrogen and oxygen atoms in total. The van der Waals surface area contributed by atoms with Gasteiger partial charge in [-0.2, -0.15) is 0 Å². The number of rotatable bonds is 4. The first-order valence-electron chi connectivity index (χ1n) is 7.32. The molecule has 1 amide bonds. The number of carbonyl (C=O) groups is 1. The SMILES string of the molecule is CN(C(=O)C(N)Cc1c[nH]c2ccccc12)C1CCOC1. The minimum absolute atomic E-state index is 0.0178. The van der Waals surface area contributed by atoms with E-state index in [1.54, 1.807) is 4.90 Å². The molecule has 1 aliphatic rings. The number of nitrogens with one attached hydrogen (secondary N) is 1. The summed E-state index contributed by atoms with van der Waals surface area (Å²) in [5, 5.41) is 1.13. The standard InChI is InChI=1S/C16H21N3O2/c1-19(12-6-7-21-10-12)16(20)14(17)8-11-9-18-15-5-3-2-4-13(11)15/h2-5,9,12,14,18H,6-8,10,17H2,1H3. The van der Waals surface area contributed by atoms with Crippen LogP contribution in [0.15, 0.2) is 30.5 Å². The summed E-state index contributed by atoms with van der Waals surface area (Å²) in [4.78, 5) is 17.4. The summed E-state index contributed by atoms with van der Waals surface area (Å²) >= 11 is 0. The molecule has 21 heavy (non-hydrogen) atoms. The Balaban J connectivity index is 1.70. The van der Waals surface area contributed by atoms with Gasteiger partial charge in [0.15, 0.2) is 0 Å². The summed E-state index contributed by atoms with van der Waals surface area (Å²) in [7, 11) is 1.82. The highest BCUT2D eigenvalue weighted by atomic mass is 16.5. The molecule has 1 fully saturated rings. The number of likely N-dealkylation sites (N-methyl/N-ethyl adjacent to an activating group) is 1. The molecule has 0 saturated carbocycles. The number of nitrogens with two attached hydrogens (primary N) is 1. The van der Waals surface area contributed by atoms with Crippen LogP contribution in [0, 0.1) is 0 Å². The summed E-state index contributed by atoms with van der Waals surface area (Å²) in [6, 6.07) is 7.69. The summed E-state index contributed by atoms with van der Waals surface area (Å²) in [6.07, 6.45) is 3.37. The third-order valence-electron chi connectivity index (χ3n) is 4.23. The summed E-state index contributed by atoms with van der Waals surface area (Å²) < 4.78 is 5.33. The molecule has 2 heterocycles. The lowest BCUT2D eigenvalue weighted by Crippen LogP contribution is -2.47. The average Bonchev–Trinajstić information content (AvgIpc) is 3.16. The molecule has 0 aliphatic carbocycles. The number of para-hydroxylation sites is 1. The van der Waals surface area contributed by atoms with Crippen LogP contribution >= 0.6 is 0 Å². The molecule has 0 radical (unpaired) electrons. The van der Waals surface area contributed by atoms with Gasteiger partial charge < -0.3 is 20.4 Å². The molecular weight excluding hydrogens is 266 g/mol. The third-order valence-corrected chi connectivity index (χ3v) is 4.23. The smallest absolute Gasteiger partial charge is 0.239 e. The Morgan fingerprint density at radius 1 is 1.52 bits per heavy atom. The molecule has 1 aromatic carbocycles. The van der Waals surface area contributed by atoms with Crippen LogP contribution in [0.3, 0.4) is 0 Å². The van der Waals surface area contributed by atoms with Crippen molar-refractivity contribution in [3.63, 3.8) is 0 Å². The number of H-pyrrole nitrogens is 1. The molecule has 2 aromatic rings. The zero-order valence-electron chi connectivity index (χ0n) is 12.2. The molecule has 112 valence electrons. The molecule has 3 N–H and O–H groups in total. The van der Waals surface area contributed by atoms with Gasteiger partial charge in [0.05, 0.1) is 18.7 Å². The van der Waals surface area contributed by atoms with E-state index in [1.807, 2.05) is 37.5 Å². The van der Waals surface area contributed by atoms with E-state index in [4.69, 9.17) is 10.5 Å². The van der Waals surface area contributed by atoms with Gasteiger partial charge in [0, 0.05) is 30.8 Å². The zero-order chi connectivity index (χ0) is 14.8. The lowest BCUT2D eigenvalue weighted by Gasteiger charge is -2.26. The Morgan fingerprint density at radius 2 is 2.33 bits per heavy atom. The largest absolute Gasteiger partial charge is 0.379 e. The first kappa shape index (κ1) is 14.1. The molecule has 3 rings (SSSR count). The molecule has 1 aliphatic heterocycles. The fourth-order valence-corrected chi connectivity index (χ4v) is 2.89. The Bertz CT molecular complexity index is 631. The lowest BCUT2D eigenvalue weighted by molar-refractivity contribution is -0.133. The lowest BCUT2D eigenvalue weighted by atomic mass is 10.0. The van der Waals surface area contributed by atoms with Crippen molar-refractivity contribution < 1.29 is 9.53 Å². The highest BCUT2D eigenvalue weighted by molar-refractivity contribution is 5.86. The van der Waals surface area contributed by atoms with Gasteiger partial charge in [-0.3, -0.25) is 4.79 Å². The predicted octanol–water partition coefficient (Wildman–Crippen LogP) is 1.28. The van der Waals surface area contributed by atoms with Crippen molar-refractivity contribution in [1.82, 2.24) is 9.88 Å². The summed E-state index contributed by atoms with van der Waals surface area (Å²) in [6.45, 7) is 1.34. The number of hydrogen-bond donors (Lipinski definition) is 2. The van der Waals surface area contributed by atoms with Crippen molar-refractivity contribution in [3.05, 3.63) is 36.0 Å². The fourth-order valence-electron chi connectivity index (χ4n) is 2.89. The van der Waals surface area contributed by atoms with Crippen LogP contribution in [0.25, 0.3) is 10.9 Å². The quantitative estimate of drug-likeness (QED) is 0.890. The normalized spacial score (nSPS) is 19.8. The number of aromatic amines is 1. The van der Waals surface area contributed by atoms with Gasteiger partial charge in [-0.25, -0.2) is 0 Å².